The zero-order valence-corrected chi connectivity index (χ0v) is 11.9. The summed E-state index contributed by atoms with van der Waals surface area (Å²) in [5, 5.41) is 14.3. The number of hydrogen-bond donors (Lipinski definition) is 4. The van der Waals surface area contributed by atoms with Gasteiger partial charge in [0.05, 0.1) is 11.9 Å². The highest BCUT2D eigenvalue weighted by molar-refractivity contribution is 5.82. The lowest BCUT2D eigenvalue weighted by Crippen LogP contribution is -2.54. The maximum absolute atomic E-state index is 11.8. The van der Waals surface area contributed by atoms with Gasteiger partial charge in [-0.15, -0.1) is 0 Å². The molecule has 1 aliphatic carbocycles. The van der Waals surface area contributed by atoms with Crippen LogP contribution in [-0.2, 0) is 16.0 Å². The monoisotopic (exact) mass is 296 g/mol. The lowest BCUT2D eigenvalue weighted by atomic mass is 9.80. The molecule has 1 saturated carbocycles. The third-order valence-corrected chi connectivity index (χ3v) is 3.85. The molecule has 1 aromatic rings. The van der Waals surface area contributed by atoms with Crippen molar-refractivity contribution in [3.63, 3.8) is 0 Å². The van der Waals surface area contributed by atoms with Crippen LogP contribution < -0.4 is 10.6 Å². The minimum atomic E-state index is -1.09. The number of nitrogens with one attached hydrogen (secondary N) is 3. The largest absolute Gasteiger partial charge is 0.480 e. The first-order valence-electron chi connectivity index (χ1n) is 6.84. The van der Waals surface area contributed by atoms with Crippen molar-refractivity contribution in [3.8, 4) is 0 Å². The average molecular weight is 296 g/mol. The molecule has 8 nitrogen and oxygen atoms in total. The van der Waals surface area contributed by atoms with Gasteiger partial charge in [-0.3, -0.25) is 0 Å². The maximum atomic E-state index is 11.8. The number of nitrogens with zero attached hydrogens (tertiary/aromatic N) is 1. The van der Waals surface area contributed by atoms with E-state index in [0.29, 0.717) is 12.2 Å². The molecule has 0 radical (unpaired) electrons. The number of carboxylic acid groups (broad SMARTS) is 1. The molecule has 116 valence electrons. The second-order valence-corrected chi connectivity index (χ2v) is 5.24. The molecule has 1 heterocycles. The topological polar surface area (TPSA) is 116 Å². The Morgan fingerprint density at radius 3 is 2.81 bits per heavy atom. The van der Waals surface area contributed by atoms with Crippen LogP contribution in [0.4, 0.5) is 4.79 Å². The number of carbonyl (C=O) groups is 2. The molecule has 1 atom stereocenters. The molecule has 1 unspecified atom stereocenters. The summed E-state index contributed by atoms with van der Waals surface area (Å²) in [7, 11) is 1.62. The van der Waals surface area contributed by atoms with Crippen molar-refractivity contribution in [2.24, 2.45) is 0 Å². The number of aromatic nitrogens is 2. The van der Waals surface area contributed by atoms with Crippen LogP contribution in [-0.4, -0.2) is 52.4 Å². The minimum absolute atomic E-state index is 0.151. The Labute approximate surface area is 122 Å². The summed E-state index contributed by atoms with van der Waals surface area (Å²) in [5.41, 5.74) is 0.356. The third kappa shape index (κ3) is 3.94. The number of rotatable bonds is 7. The average Bonchev–Trinajstić information content (AvgIpc) is 2.90. The molecule has 21 heavy (non-hydrogen) atoms. The van der Waals surface area contributed by atoms with Crippen LogP contribution in [0.1, 0.15) is 25.0 Å². The number of aromatic amines is 1. The summed E-state index contributed by atoms with van der Waals surface area (Å²) in [6.07, 6.45) is 6.03. The normalized spacial score (nSPS) is 17.6. The lowest BCUT2D eigenvalue weighted by Gasteiger charge is -2.40. The van der Waals surface area contributed by atoms with Crippen LogP contribution in [0.5, 0.6) is 0 Å². The van der Waals surface area contributed by atoms with E-state index in [2.05, 4.69) is 20.6 Å². The highest BCUT2D eigenvalue weighted by Gasteiger charge is 2.37. The van der Waals surface area contributed by atoms with Crippen molar-refractivity contribution in [1.82, 2.24) is 20.6 Å². The van der Waals surface area contributed by atoms with Crippen molar-refractivity contribution in [2.75, 3.05) is 13.7 Å². The molecule has 8 heteroatoms. The van der Waals surface area contributed by atoms with Crippen LogP contribution in [0.2, 0.25) is 0 Å². The van der Waals surface area contributed by atoms with Gasteiger partial charge < -0.3 is 25.5 Å². The molecule has 2 rings (SSSR count). The quantitative estimate of drug-likeness (QED) is 0.576. The predicted octanol–water partition coefficient (Wildman–Crippen LogP) is 0.274. The van der Waals surface area contributed by atoms with Gasteiger partial charge in [0.1, 0.15) is 6.04 Å². The molecule has 1 fully saturated rings. The van der Waals surface area contributed by atoms with Gasteiger partial charge >= 0.3 is 12.0 Å². The molecule has 2 amide bonds. The molecule has 1 aromatic heterocycles. The van der Waals surface area contributed by atoms with Gasteiger partial charge in [-0.05, 0) is 19.3 Å². The molecule has 0 bridgehead atoms. The first-order valence-corrected chi connectivity index (χ1v) is 6.84. The van der Waals surface area contributed by atoms with Gasteiger partial charge in [0.2, 0.25) is 0 Å². The van der Waals surface area contributed by atoms with Crippen molar-refractivity contribution in [2.45, 2.75) is 37.3 Å². The second-order valence-electron chi connectivity index (χ2n) is 5.24. The summed E-state index contributed by atoms with van der Waals surface area (Å²) >= 11 is 0. The van der Waals surface area contributed by atoms with E-state index < -0.39 is 18.0 Å². The van der Waals surface area contributed by atoms with Gasteiger partial charge in [0.15, 0.2) is 0 Å². The number of imidazole rings is 1. The van der Waals surface area contributed by atoms with Crippen molar-refractivity contribution in [3.05, 3.63) is 18.2 Å². The number of methoxy groups -OCH3 is 1. The Morgan fingerprint density at radius 2 is 2.33 bits per heavy atom. The van der Waals surface area contributed by atoms with Gasteiger partial charge in [0, 0.05) is 32.0 Å². The van der Waals surface area contributed by atoms with Crippen LogP contribution in [0, 0.1) is 0 Å². The molecule has 0 aromatic carbocycles. The SMILES string of the molecule is COC1(CNC(=O)NC(Cc2cnc[nH]2)C(=O)O)CCC1. The van der Waals surface area contributed by atoms with Crippen molar-refractivity contribution < 1.29 is 19.4 Å². The van der Waals surface area contributed by atoms with Crippen LogP contribution in [0.3, 0.4) is 0 Å². The van der Waals surface area contributed by atoms with E-state index in [0.717, 1.165) is 19.3 Å². The van der Waals surface area contributed by atoms with E-state index in [-0.39, 0.29) is 12.0 Å². The molecule has 0 spiro atoms. The van der Waals surface area contributed by atoms with Crippen LogP contribution in [0.15, 0.2) is 12.5 Å². The zero-order valence-electron chi connectivity index (χ0n) is 11.9. The number of ether oxygens (including phenoxy) is 1. The molecule has 1 aliphatic rings. The molecular weight excluding hydrogens is 276 g/mol. The fourth-order valence-electron chi connectivity index (χ4n) is 2.29. The highest BCUT2D eigenvalue weighted by atomic mass is 16.5. The zero-order chi connectivity index (χ0) is 15.3. The highest BCUT2D eigenvalue weighted by Crippen LogP contribution is 2.34. The standard InChI is InChI=1S/C13H20N4O4/c1-21-13(3-2-4-13)7-15-12(20)17-10(11(18)19)5-9-6-14-8-16-9/h6,8,10H,2-5,7H2,1H3,(H,14,16)(H,18,19)(H2,15,17,20). The number of carboxylic acids is 1. The van der Waals surface area contributed by atoms with E-state index in [4.69, 9.17) is 9.84 Å². The lowest BCUT2D eigenvalue weighted by molar-refractivity contribution is -0.139. The molecule has 0 aliphatic heterocycles. The fourth-order valence-corrected chi connectivity index (χ4v) is 2.29. The Hall–Kier alpha value is -2.09. The Bertz CT molecular complexity index is 479. The number of urea groups is 1. The number of amides is 2. The number of carbonyl (C=O) groups excluding carboxylic acids is 1. The van der Waals surface area contributed by atoms with Crippen LogP contribution in [0.25, 0.3) is 0 Å². The van der Waals surface area contributed by atoms with E-state index >= 15 is 0 Å². The van der Waals surface area contributed by atoms with E-state index in [1.807, 2.05) is 0 Å². The first-order chi connectivity index (χ1) is 10.0. The van der Waals surface area contributed by atoms with Gasteiger partial charge in [0.25, 0.3) is 0 Å². The van der Waals surface area contributed by atoms with E-state index in [1.54, 1.807) is 7.11 Å². The molecule has 0 saturated heterocycles. The second kappa shape index (κ2) is 6.57. The summed E-state index contributed by atoms with van der Waals surface area (Å²) in [5.74, 6) is -1.09. The minimum Gasteiger partial charge on any atom is -0.480 e. The maximum Gasteiger partial charge on any atom is 0.326 e. The molecule has 4 N–H and O–H groups in total. The fraction of sp³-hybridized carbons (Fsp3) is 0.615. The molecular formula is C13H20N4O4. The predicted molar refractivity (Wildman–Crippen MR) is 73.8 cm³/mol. The number of H-pyrrole nitrogens is 1. The van der Waals surface area contributed by atoms with Gasteiger partial charge in [-0.1, -0.05) is 0 Å². The smallest absolute Gasteiger partial charge is 0.326 e. The van der Waals surface area contributed by atoms with Crippen LogP contribution >= 0.6 is 0 Å². The number of aliphatic carboxylic acids is 1. The Balaban J connectivity index is 1.82. The van der Waals surface area contributed by atoms with Crippen molar-refractivity contribution in [1.29, 1.82) is 0 Å². The van der Waals surface area contributed by atoms with E-state index in [1.165, 1.54) is 12.5 Å². The first kappa shape index (κ1) is 15.3. The third-order valence-electron chi connectivity index (χ3n) is 3.85. The summed E-state index contributed by atoms with van der Waals surface area (Å²) in [6.45, 7) is 0.381. The van der Waals surface area contributed by atoms with Crippen molar-refractivity contribution >= 4 is 12.0 Å². The van der Waals surface area contributed by atoms with E-state index in [9.17, 15) is 9.59 Å². The summed E-state index contributed by atoms with van der Waals surface area (Å²) < 4.78 is 5.39. The summed E-state index contributed by atoms with van der Waals surface area (Å²) in [6, 6.07) is -1.52. The van der Waals surface area contributed by atoms with Gasteiger partial charge in [-0.25, -0.2) is 14.6 Å². The number of hydrogen-bond acceptors (Lipinski definition) is 4. The Kier molecular flexibility index (Phi) is 4.79. The Morgan fingerprint density at radius 1 is 1.57 bits per heavy atom. The summed E-state index contributed by atoms with van der Waals surface area (Å²) in [4.78, 5) is 29.6. The van der Waals surface area contributed by atoms with Gasteiger partial charge in [-0.2, -0.15) is 0 Å².